The zero-order valence-electron chi connectivity index (χ0n) is 11.4. The Balaban J connectivity index is 2.30. The Morgan fingerprint density at radius 2 is 2.10 bits per heavy atom. The maximum absolute atomic E-state index is 12.1. The van der Waals surface area contributed by atoms with Crippen LogP contribution in [0.5, 0.6) is 0 Å². The van der Waals surface area contributed by atoms with Crippen LogP contribution in [0.15, 0.2) is 24.3 Å². The van der Waals surface area contributed by atoms with Crippen molar-refractivity contribution in [3.05, 3.63) is 35.5 Å². The third-order valence-electron chi connectivity index (χ3n) is 4.14. The van der Waals surface area contributed by atoms with Crippen LogP contribution in [0.1, 0.15) is 40.7 Å². The number of fused-ring (bicyclic) bond motifs is 3. The highest BCUT2D eigenvalue weighted by molar-refractivity contribution is 6.01. The van der Waals surface area contributed by atoms with Crippen LogP contribution in [-0.2, 0) is 0 Å². The largest absolute Gasteiger partial charge is 0.478 e. The van der Waals surface area contributed by atoms with Crippen molar-refractivity contribution in [2.75, 3.05) is 6.54 Å². The first-order chi connectivity index (χ1) is 9.49. The number of amides is 1. The SMILES string of the molecule is C[C@@H]1[C@@H](C)CNC(=O)c2cc3ccc(C(=O)O)cc3n21. The van der Waals surface area contributed by atoms with E-state index in [0.29, 0.717) is 12.2 Å². The summed E-state index contributed by atoms with van der Waals surface area (Å²) in [7, 11) is 0. The van der Waals surface area contributed by atoms with Crippen LogP contribution in [-0.4, -0.2) is 28.1 Å². The van der Waals surface area contributed by atoms with Crippen LogP contribution >= 0.6 is 0 Å². The van der Waals surface area contributed by atoms with Crippen molar-refractivity contribution in [2.45, 2.75) is 19.9 Å². The average Bonchev–Trinajstić information content (AvgIpc) is 2.77. The fourth-order valence-electron chi connectivity index (χ4n) is 2.74. The third-order valence-corrected chi connectivity index (χ3v) is 4.14. The van der Waals surface area contributed by atoms with E-state index in [9.17, 15) is 9.59 Å². The molecule has 0 saturated carbocycles. The smallest absolute Gasteiger partial charge is 0.335 e. The molecule has 2 N–H and O–H groups in total. The van der Waals surface area contributed by atoms with E-state index in [0.717, 1.165) is 10.9 Å². The number of hydrogen-bond acceptors (Lipinski definition) is 2. The third kappa shape index (κ3) is 1.78. The molecule has 2 heterocycles. The minimum atomic E-state index is -0.957. The molecule has 0 fully saturated rings. The predicted molar refractivity (Wildman–Crippen MR) is 75.1 cm³/mol. The summed E-state index contributed by atoms with van der Waals surface area (Å²) in [6.45, 7) is 4.76. The van der Waals surface area contributed by atoms with E-state index in [2.05, 4.69) is 19.2 Å². The number of nitrogens with zero attached hydrogens (tertiary/aromatic N) is 1. The Labute approximate surface area is 116 Å². The van der Waals surface area contributed by atoms with E-state index >= 15 is 0 Å². The van der Waals surface area contributed by atoms with Crippen molar-refractivity contribution < 1.29 is 14.7 Å². The van der Waals surface area contributed by atoms with Crippen molar-refractivity contribution >= 4 is 22.8 Å². The summed E-state index contributed by atoms with van der Waals surface area (Å²) in [6, 6.07) is 6.92. The van der Waals surface area contributed by atoms with Crippen LogP contribution in [0.25, 0.3) is 10.9 Å². The molecule has 0 radical (unpaired) electrons. The lowest BCUT2D eigenvalue weighted by Gasteiger charge is -2.20. The first-order valence-electron chi connectivity index (χ1n) is 6.65. The lowest BCUT2D eigenvalue weighted by atomic mass is 10.0. The fourth-order valence-corrected chi connectivity index (χ4v) is 2.74. The van der Waals surface area contributed by atoms with E-state index in [1.807, 2.05) is 10.6 Å². The van der Waals surface area contributed by atoms with E-state index in [1.165, 1.54) is 0 Å². The van der Waals surface area contributed by atoms with E-state index in [1.54, 1.807) is 18.2 Å². The van der Waals surface area contributed by atoms with E-state index in [-0.39, 0.29) is 23.4 Å². The summed E-state index contributed by atoms with van der Waals surface area (Å²) in [6.07, 6.45) is 0. The molecule has 0 unspecified atom stereocenters. The number of aromatic nitrogens is 1. The fraction of sp³-hybridized carbons (Fsp3) is 0.333. The number of hydrogen-bond donors (Lipinski definition) is 2. The molecule has 1 aromatic carbocycles. The zero-order valence-corrected chi connectivity index (χ0v) is 11.4. The highest BCUT2D eigenvalue weighted by Crippen LogP contribution is 2.30. The van der Waals surface area contributed by atoms with Gasteiger partial charge >= 0.3 is 5.97 Å². The van der Waals surface area contributed by atoms with Crippen LogP contribution < -0.4 is 5.32 Å². The van der Waals surface area contributed by atoms with Gasteiger partial charge in [-0.3, -0.25) is 4.79 Å². The molecular weight excluding hydrogens is 256 g/mol. The van der Waals surface area contributed by atoms with Crippen LogP contribution in [0.4, 0.5) is 0 Å². The van der Waals surface area contributed by atoms with Crippen LogP contribution in [0.3, 0.4) is 0 Å². The number of carbonyl (C=O) groups excluding carboxylic acids is 1. The molecule has 3 rings (SSSR count). The molecule has 0 spiro atoms. The summed E-state index contributed by atoms with van der Waals surface area (Å²) in [5, 5.41) is 12.9. The minimum Gasteiger partial charge on any atom is -0.478 e. The van der Waals surface area contributed by atoms with E-state index < -0.39 is 5.97 Å². The molecule has 0 aliphatic carbocycles. The van der Waals surface area contributed by atoms with Gasteiger partial charge in [0.25, 0.3) is 5.91 Å². The first kappa shape index (κ1) is 12.7. The monoisotopic (exact) mass is 272 g/mol. The van der Waals surface area contributed by atoms with Gasteiger partial charge in [0.2, 0.25) is 0 Å². The zero-order chi connectivity index (χ0) is 14.4. The summed E-state index contributed by atoms with van der Waals surface area (Å²) >= 11 is 0. The maximum atomic E-state index is 12.1. The Morgan fingerprint density at radius 3 is 2.80 bits per heavy atom. The minimum absolute atomic E-state index is 0.103. The second-order valence-electron chi connectivity index (χ2n) is 5.41. The van der Waals surface area contributed by atoms with Crippen molar-refractivity contribution in [2.24, 2.45) is 5.92 Å². The Bertz CT molecular complexity index is 717. The van der Waals surface area contributed by atoms with Gasteiger partial charge in [0.15, 0.2) is 0 Å². The second kappa shape index (κ2) is 4.37. The molecule has 5 nitrogen and oxygen atoms in total. The number of rotatable bonds is 1. The molecule has 104 valence electrons. The standard InChI is InChI=1S/C15H16N2O3/c1-8-7-16-14(18)13-5-10-3-4-11(15(19)20)6-12(10)17(13)9(8)2/h3-6,8-9H,7H2,1-2H3,(H,16,18)(H,19,20)/t8-,9+/m0/s1. The lowest BCUT2D eigenvalue weighted by molar-refractivity contribution is 0.0696. The highest BCUT2D eigenvalue weighted by atomic mass is 16.4. The van der Waals surface area contributed by atoms with Gasteiger partial charge in [0.05, 0.1) is 5.56 Å². The van der Waals surface area contributed by atoms with Crippen LogP contribution in [0, 0.1) is 5.92 Å². The lowest BCUT2D eigenvalue weighted by Crippen LogP contribution is -2.26. The van der Waals surface area contributed by atoms with Crippen molar-refractivity contribution in [1.29, 1.82) is 0 Å². The first-order valence-corrected chi connectivity index (χ1v) is 6.65. The Morgan fingerprint density at radius 1 is 1.35 bits per heavy atom. The Hall–Kier alpha value is -2.30. The number of nitrogens with one attached hydrogen (secondary N) is 1. The molecule has 2 aromatic rings. The van der Waals surface area contributed by atoms with Crippen molar-refractivity contribution in [3.63, 3.8) is 0 Å². The van der Waals surface area contributed by atoms with Gasteiger partial charge in [-0.1, -0.05) is 13.0 Å². The maximum Gasteiger partial charge on any atom is 0.335 e. The van der Waals surface area contributed by atoms with Gasteiger partial charge in [-0.05, 0) is 31.0 Å². The molecule has 0 bridgehead atoms. The van der Waals surface area contributed by atoms with Crippen LogP contribution in [0.2, 0.25) is 0 Å². The van der Waals surface area contributed by atoms with Gasteiger partial charge in [0.1, 0.15) is 5.69 Å². The predicted octanol–water partition coefficient (Wildman–Crippen LogP) is 2.28. The summed E-state index contributed by atoms with van der Waals surface area (Å²) in [5.74, 6) is -0.778. The molecule has 1 aliphatic heterocycles. The summed E-state index contributed by atoms with van der Waals surface area (Å²) in [4.78, 5) is 23.3. The highest BCUT2D eigenvalue weighted by Gasteiger charge is 2.27. The van der Waals surface area contributed by atoms with Crippen molar-refractivity contribution in [3.8, 4) is 0 Å². The topological polar surface area (TPSA) is 71.3 Å². The number of benzene rings is 1. The molecule has 20 heavy (non-hydrogen) atoms. The quantitative estimate of drug-likeness (QED) is 0.836. The molecule has 1 aromatic heterocycles. The molecule has 5 heteroatoms. The average molecular weight is 272 g/mol. The van der Waals surface area contributed by atoms with Gasteiger partial charge < -0.3 is 15.0 Å². The molecular formula is C15H16N2O3. The summed E-state index contributed by atoms with van der Waals surface area (Å²) < 4.78 is 1.95. The number of carboxylic acid groups (broad SMARTS) is 1. The van der Waals surface area contributed by atoms with Gasteiger partial charge in [-0.15, -0.1) is 0 Å². The summed E-state index contributed by atoms with van der Waals surface area (Å²) in [5.41, 5.74) is 1.64. The number of carbonyl (C=O) groups is 2. The van der Waals surface area contributed by atoms with Crippen molar-refractivity contribution in [1.82, 2.24) is 9.88 Å². The van der Waals surface area contributed by atoms with Gasteiger partial charge in [0, 0.05) is 23.5 Å². The molecule has 1 amide bonds. The number of aromatic carboxylic acids is 1. The molecule has 1 aliphatic rings. The van der Waals surface area contributed by atoms with Gasteiger partial charge in [-0.25, -0.2) is 4.79 Å². The van der Waals surface area contributed by atoms with Gasteiger partial charge in [-0.2, -0.15) is 0 Å². The molecule has 0 saturated heterocycles. The second-order valence-corrected chi connectivity index (χ2v) is 5.41. The normalized spacial score (nSPS) is 22.2. The van der Waals surface area contributed by atoms with E-state index in [4.69, 9.17) is 5.11 Å². The Kier molecular flexibility index (Phi) is 2.78. The molecule has 2 atom stereocenters. The number of carboxylic acids is 1.